The highest BCUT2D eigenvalue weighted by atomic mass is 16.5. The van der Waals surface area contributed by atoms with E-state index in [2.05, 4.69) is 31.4 Å². The standard InChI is InChI=1S/C26H28N2O3/c1-5-31-23-12-7-6-11-22(23)25(30)28-21-10-8-9-20(17-21)27-24(29)18-13-15-19(16-14-18)26(2,3)4/h6-17H,5H2,1-4H3,(H,27,29)(H,28,30). The second kappa shape index (κ2) is 9.47. The van der Waals surface area contributed by atoms with Gasteiger partial charge in [-0.3, -0.25) is 9.59 Å². The van der Waals surface area contributed by atoms with Gasteiger partial charge in [0.1, 0.15) is 5.75 Å². The van der Waals surface area contributed by atoms with Crippen LogP contribution in [0.15, 0.2) is 72.8 Å². The van der Waals surface area contributed by atoms with Crippen LogP contribution in [0.2, 0.25) is 0 Å². The Bertz CT molecular complexity index is 1070. The molecule has 5 nitrogen and oxygen atoms in total. The lowest BCUT2D eigenvalue weighted by Crippen LogP contribution is -2.15. The van der Waals surface area contributed by atoms with Gasteiger partial charge >= 0.3 is 0 Å². The third-order valence-corrected chi connectivity index (χ3v) is 4.82. The van der Waals surface area contributed by atoms with Crippen LogP contribution in [0.1, 0.15) is 54.0 Å². The summed E-state index contributed by atoms with van der Waals surface area (Å²) in [7, 11) is 0. The number of carbonyl (C=O) groups is 2. The van der Waals surface area contributed by atoms with Crippen molar-refractivity contribution in [2.24, 2.45) is 0 Å². The van der Waals surface area contributed by atoms with E-state index in [1.165, 1.54) is 5.56 Å². The smallest absolute Gasteiger partial charge is 0.259 e. The molecule has 0 bridgehead atoms. The molecule has 3 rings (SSSR count). The lowest BCUT2D eigenvalue weighted by atomic mass is 9.87. The van der Waals surface area contributed by atoms with E-state index in [4.69, 9.17) is 4.74 Å². The number of para-hydroxylation sites is 1. The zero-order valence-electron chi connectivity index (χ0n) is 18.4. The Hall–Kier alpha value is -3.60. The SMILES string of the molecule is CCOc1ccccc1C(=O)Nc1cccc(NC(=O)c2ccc(C(C)(C)C)cc2)c1. The maximum absolute atomic E-state index is 12.7. The number of hydrogen-bond donors (Lipinski definition) is 2. The van der Waals surface area contributed by atoms with Gasteiger partial charge in [-0.1, -0.05) is 51.1 Å². The summed E-state index contributed by atoms with van der Waals surface area (Å²) >= 11 is 0. The van der Waals surface area contributed by atoms with Crippen molar-refractivity contribution >= 4 is 23.2 Å². The normalized spacial score (nSPS) is 11.0. The molecule has 160 valence electrons. The average Bonchev–Trinajstić information content (AvgIpc) is 2.74. The number of nitrogens with one attached hydrogen (secondary N) is 2. The van der Waals surface area contributed by atoms with Gasteiger partial charge in [0.15, 0.2) is 0 Å². The minimum absolute atomic E-state index is 0.0301. The van der Waals surface area contributed by atoms with Crippen LogP contribution >= 0.6 is 0 Å². The van der Waals surface area contributed by atoms with E-state index in [-0.39, 0.29) is 17.2 Å². The molecule has 0 heterocycles. The van der Waals surface area contributed by atoms with Crippen molar-refractivity contribution < 1.29 is 14.3 Å². The minimum atomic E-state index is -0.273. The van der Waals surface area contributed by atoms with Gasteiger partial charge in [-0.05, 0) is 60.4 Å². The highest BCUT2D eigenvalue weighted by molar-refractivity contribution is 6.07. The summed E-state index contributed by atoms with van der Waals surface area (Å²) in [6, 6.07) is 21.8. The van der Waals surface area contributed by atoms with Gasteiger partial charge in [-0.15, -0.1) is 0 Å². The Labute approximate surface area is 183 Å². The van der Waals surface area contributed by atoms with Crippen molar-refractivity contribution in [3.8, 4) is 5.75 Å². The van der Waals surface area contributed by atoms with E-state index < -0.39 is 0 Å². The Morgan fingerprint density at radius 2 is 1.42 bits per heavy atom. The molecule has 0 saturated heterocycles. The van der Waals surface area contributed by atoms with Crippen LogP contribution in [0.4, 0.5) is 11.4 Å². The number of anilines is 2. The summed E-state index contributed by atoms with van der Waals surface area (Å²) in [4.78, 5) is 25.3. The molecular weight excluding hydrogens is 388 g/mol. The monoisotopic (exact) mass is 416 g/mol. The summed E-state index contributed by atoms with van der Waals surface area (Å²) in [6.07, 6.45) is 0. The molecule has 2 amide bonds. The maximum atomic E-state index is 12.7. The predicted molar refractivity (Wildman–Crippen MR) is 125 cm³/mol. The van der Waals surface area contributed by atoms with Crippen molar-refractivity contribution in [1.29, 1.82) is 0 Å². The van der Waals surface area contributed by atoms with E-state index in [1.54, 1.807) is 42.5 Å². The van der Waals surface area contributed by atoms with Crippen LogP contribution in [0.5, 0.6) is 5.75 Å². The summed E-state index contributed by atoms with van der Waals surface area (Å²) in [5.41, 5.74) is 3.41. The van der Waals surface area contributed by atoms with Crippen LogP contribution < -0.4 is 15.4 Å². The molecule has 0 atom stereocenters. The highest BCUT2D eigenvalue weighted by Gasteiger charge is 2.15. The molecular formula is C26H28N2O3. The van der Waals surface area contributed by atoms with E-state index in [1.807, 2.05) is 37.3 Å². The quantitative estimate of drug-likeness (QED) is 0.527. The van der Waals surface area contributed by atoms with E-state index in [0.717, 1.165) is 0 Å². The van der Waals surface area contributed by atoms with Crippen LogP contribution in [0.25, 0.3) is 0 Å². The molecule has 0 aliphatic rings. The molecule has 3 aromatic carbocycles. The Morgan fingerprint density at radius 1 is 0.806 bits per heavy atom. The summed E-state index contributed by atoms with van der Waals surface area (Å²) in [6.45, 7) is 8.75. The first-order chi connectivity index (χ1) is 14.8. The van der Waals surface area contributed by atoms with Gasteiger partial charge in [0.2, 0.25) is 0 Å². The first-order valence-corrected chi connectivity index (χ1v) is 10.3. The zero-order chi connectivity index (χ0) is 22.4. The number of carbonyl (C=O) groups excluding carboxylic acids is 2. The molecule has 0 radical (unpaired) electrons. The van der Waals surface area contributed by atoms with Crippen molar-refractivity contribution in [3.63, 3.8) is 0 Å². The Kier molecular flexibility index (Phi) is 6.75. The van der Waals surface area contributed by atoms with Crippen molar-refractivity contribution in [3.05, 3.63) is 89.5 Å². The third-order valence-electron chi connectivity index (χ3n) is 4.82. The molecule has 31 heavy (non-hydrogen) atoms. The van der Waals surface area contributed by atoms with Gasteiger partial charge in [-0.2, -0.15) is 0 Å². The van der Waals surface area contributed by atoms with Gasteiger partial charge in [-0.25, -0.2) is 0 Å². The number of benzene rings is 3. The fourth-order valence-electron chi connectivity index (χ4n) is 3.13. The molecule has 0 unspecified atom stereocenters. The van der Waals surface area contributed by atoms with Crippen molar-refractivity contribution in [2.75, 3.05) is 17.2 Å². The predicted octanol–water partition coefficient (Wildman–Crippen LogP) is 5.89. The first-order valence-electron chi connectivity index (χ1n) is 10.3. The highest BCUT2D eigenvalue weighted by Crippen LogP contribution is 2.24. The molecule has 3 aromatic rings. The Balaban J connectivity index is 1.70. The van der Waals surface area contributed by atoms with Crippen LogP contribution in [-0.4, -0.2) is 18.4 Å². The molecule has 5 heteroatoms. The second-order valence-corrected chi connectivity index (χ2v) is 8.25. The minimum Gasteiger partial charge on any atom is -0.493 e. The Morgan fingerprint density at radius 3 is 2.03 bits per heavy atom. The largest absolute Gasteiger partial charge is 0.493 e. The molecule has 0 saturated carbocycles. The van der Waals surface area contributed by atoms with E-state index in [9.17, 15) is 9.59 Å². The molecule has 0 spiro atoms. The number of ether oxygens (including phenoxy) is 1. The number of amides is 2. The topological polar surface area (TPSA) is 67.4 Å². The summed E-state index contributed by atoms with van der Waals surface area (Å²) in [5.74, 6) is 0.0570. The molecule has 2 N–H and O–H groups in total. The third kappa shape index (κ3) is 5.72. The number of rotatable bonds is 6. The van der Waals surface area contributed by atoms with E-state index >= 15 is 0 Å². The molecule has 0 aromatic heterocycles. The van der Waals surface area contributed by atoms with E-state index in [0.29, 0.717) is 34.9 Å². The van der Waals surface area contributed by atoms with Gasteiger partial charge < -0.3 is 15.4 Å². The van der Waals surface area contributed by atoms with Crippen molar-refractivity contribution in [2.45, 2.75) is 33.1 Å². The zero-order valence-corrected chi connectivity index (χ0v) is 18.4. The van der Waals surface area contributed by atoms with Crippen LogP contribution in [0, 0.1) is 0 Å². The van der Waals surface area contributed by atoms with Gasteiger partial charge in [0, 0.05) is 16.9 Å². The second-order valence-electron chi connectivity index (χ2n) is 8.25. The average molecular weight is 417 g/mol. The summed E-state index contributed by atoms with van der Waals surface area (Å²) in [5, 5.41) is 5.75. The fourth-order valence-corrected chi connectivity index (χ4v) is 3.13. The van der Waals surface area contributed by atoms with Gasteiger partial charge in [0.05, 0.1) is 12.2 Å². The molecule has 0 aliphatic carbocycles. The lowest BCUT2D eigenvalue weighted by Gasteiger charge is -2.19. The number of hydrogen-bond acceptors (Lipinski definition) is 3. The molecule has 0 fully saturated rings. The fraction of sp³-hybridized carbons (Fsp3) is 0.231. The first kappa shape index (κ1) is 22.1. The molecule has 0 aliphatic heterocycles. The van der Waals surface area contributed by atoms with Crippen LogP contribution in [-0.2, 0) is 5.41 Å². The summed E-state index contributed by atoms with van der Waals surface area (Å²) < 4.78 is 5.53. The lowest BCUT2D eigenvalue weighted by molar-refractivity contribution is 0.101. The maximum Gasteiger partial charge on any atom is 0.259 e. The van der Waals surface area contributed by atoms with Gasteiger partial charge in [0.25, 0.3) is 11.8 Å². The van der Waals surface area contributed by atoms with Crippen molar-refractivity contribution in [1.82, 2.24) is 0 Å². The van der Waals surface area contributed by atoms with Crippen LogP contribution in [0.3, 0.4) is 0 Å².